The molecule has 4 unspecified atom stereocenters. The van der Waals surface area contributed by atoms with Crippen LogP contribution in [0.5, 0.6) is 5.75 Å². The molecule has 2 aliphatic heterocycles. The van der Waals surface area contributed by atoms with Gasteiger partial charge in [-0.15, -0.1) is 0 Å². The molecule has 5 rings (SSSR count). The van der Waals surface area contributed by atoms with Gasteiger partial charge in [-0.3, -0.25) is 0 Å². The normalized spacial score (nSPS) is 29.1. The number of benzene rings is 2. The van der Waals surface area contributed by atoms with E-state index in [9.17, 15) is 0 Å². The SMILES string of the molecule is C1=CC2c3cc(OCC4CCCO4)ccc3NC(c3ccccc3)C2C1. The van der Waals surface area contributed by atoms with Gasteiger partial charge in [0.15, 0.2) is 0 Å². The van der Waals surface area contributed by atoms with Crippen molar-refractivity contribution in [3.63, 3.8) is 0 Å². The van der Waals surface area contributed by atoms with E-state index in [1.54, 1.807) is 0 Å². The van der Waals surface area contributed by atoms with E-state index in [0.29, 0.717) is 24.5 Å². The molecule has 1 N–H and O–H groups in total. The van der Waals surface area contributed by atoms with Crippen molar-refractivity contribution in [3.8, 4) is 5.75 Å². The first-order chi connectivity index (χ1) is 12.9. The molecule has 1 aliphatic carbocycles. The van der Waals surface area contributed by atoms with Crippen molar-refractivity contribution in [1.82, 2.24) is 0 Å². The highest BCUT2D eigenvalue weighted by Crippen LogP contribution is 2.50. The maximum atomic E-state index is 6.04. The topological polar surface area (TPSA) is 30.5 Å². The van der Waals surface area contributed by atoms with Crippen LogP contribution in [0.3, 0.4) is 0 Å². The Balaban J connectivity index is 1.40. The molecule has 0 saturated carbocycles. The van der Waals surface area contributed by atoms with E-state index in [0.717, 1.165) is 31.6 Å². The molecule has 1 fully saturated rings. The van der Waals surface area contributed by atoms with Gasteiger partial charge in [-0.25, -0.2) is 0 Å². The lowest BCUT2D eigenvalue weighted by Crippen LogP contribution is -2.29. The third-order valence-corrected chi connectivity index (χ3v) is 5.95. The minimum atomic E-state index is 0.255. The van der Waals surface area contributed by atoms with Crippen LogP contribution in [0.1, 0.15) is 42.3 Å². The van der Waals surface area contributed by atoms with Crippen molar-refractivity contribution >= 4 is 5.69 Å². The average molecular weight is 347 g/mol. The Morgan fingerprint density at radius 1 is 1.12 bits per heavy atom. The summed E-state index contributed by atoms with van der Waals surface area (Å²) in [7, 11) is 0. The van der Waals surface area contributed by atoms with E-state index in [1.165, 1.54) is 16.8 Å². The number of ether oxygens (including phenoxy) is 2. The van der Waals surface area contributed by atoms with E-state index in [-0.39, 0.29) is 6.10 Å². The molecule has 2 heterocycles. The van der Waals surface area contributed by atoms with Crippen molar-refractivity contribution in [3.05, 3.63) is 71.8 Å². The first-order valence-electron chi connectivity index (χ1n) is 9.75. The first kappa shape index (κ1) is 16.0. The fraction of sp³-hybridized carbons (Fsp3) is 0.391. The summed E-state index contributed by atoms with van der Waals surface area (Å²) in [5, 5.41) is 3.79. The molecule has 134 valence electrons. The lowest BCUT2D eigenvalue weighted by molar-refractivity contribution is 0.0679. The Labute approximate surface area is 155 Å². The van der Waals surface area contributed by atoms with Crippen LogP contribution in [0, 0.1) is 5.92 Å². The molecule has 0 aromatic heterocycles. The van der Waals surface area contributed by atoms with Crippen molar-refractivity contribution < 1.29 is 9.47 Å². The van der Waals surface area contributed by atoms with Gasteiger partial charge in [-0.05, 0) is 54.5 Å². The van der Waals surface area contributed by atoms with Crippen molar-refractivity contribution in [2.75, 3.05) is 18.5 Å². The maximum Gasteiger partial charge on any atom is 0.119 e. The van der Waals surface area contributed by atoms with Gasteiger partial charge in [0.1, 0.15) is 12.4 Å². The van der Waals surface area contributed by atoms with Crippen molar-refractivity contribution in [1.29, 1.82) is 0 Å². The van der Waals surface area contributed by atoms with Crippen LogP contribution in [0.25, 0.3) is 0 Å². The average Bonchev–Trinajstić information content (AvgIpc) is 3.38. The minimum Gasteiger partial charge on any atom is -0.491 e. The second-order valence-corrected chi connectivity index (χ2v) is 7.58. The molecule has 3 heteroatoms. The van der Waals surface area contributed by atoms with Gasteiger partial charge < -0.3 is 14.8 Å². The number of hydrogen-bond acceptors (Lipinski definition) is 3. The Bertz CT molecular complexity index is 795. The lowest BCUT2D eigenvalue weighted by Gasteiger charge is -2.37. The molecule has 0 amide bonds. The van der Waals surface area contributed by atoms with Crippen molar-refractivity contribution in [2.45, 2.75) is 37.3 Å². The third-order valence-electron chi connectivity index (χ3n) is 5.95. The zero-order chi connectivity index (χ0) is 17.3. The van der Waals surface area contributed by atoms with E-state index in [2.05, 4.69) is 66.0 Å². The highest BCUT2D eigenvalue weighted by Gasteiger charge is 2.37. The molecular formula is C23H25NO2. The fourth-order valence-corrected chi connectivity index (χ4v) is 4.62. The van der Waals surface area contributed by atoms with Crippen LogP contribution in [-0.4, -0.2) is 19.3 Å². The smallest absolute Gasteiger partial charge is 0.119 e. The molecular weight excluding hydrogens is 322 g/mol. The van der Waals surface area contributed by atoms with Crippen LogP contribution in [0.15, 0.2) is 60.7 Å². The summed E-state index contributed by atoms with van der Waals surface area (Å²) >= 11 is 0. The molecule has 3 nitrogen and oxygen atoms in total. The highest BCUT2D eigenvalue weighted by molar-refractivity contribution is 5.61. The summed E-state index contributed by atoms with van der Waals surface area (Å²) in [5.74, 6) is 1.99. The van der Waals surface area contributed by atoms with Gasteiger partial charge in [0, 0.05) is 18.2 Å². The van der Waals surface area contributed by atoms with Crippen LogP contribution < -0.4 is 10.1 Å². The van der Waals surface area contributed by atoms with Gasteiger partial charge >= 0.3 is 0 Å². The third kappa shape index (κ3) is 2.90. The fourth-order valence-electron chi connectivity index (χ4n) is 4.62. The zero-order valence-electron chi connectivity index (χ0n) is 14.9. The summed E-state index contributed by atoms with van der Waals surface area (Å²) < 4.78 is 11.7. The largest absolute Gasteiger partial charge is 0.491 e. The van der Waals surface area contributed by atoms with Gasteiger partial charge in [0.2, 0.25) is 0 Å². The second-order valence-electron chi connectivity index (χ2n) is 7.58. The Kier molecular flexibility index (Phi) is 4.18. The first-order valence-corrected chi connectivity index (χ1v) is 9.75. The minimum absolute atomic E-state index is 0.255. The summed E-state index contributed by atoms with van der Waals surface area (Å²) in [6, 6.07) is 17.7. The van der Waals surface area contributed by atoms with Crippen molar-refractivity contribution in [2.24, 2.45) is 5.92 Å². The van der Waals surface area contributed by atoms with Gasteiger partial charge in [-0.2, -0.15) is 0 Å². The molecule has 4 atom stereocenters. The summed E-state index contributed by atoms with van der Waals surface area (Å²) in [6.07, 6.45) is 8.35. The van der Waals surface area contributed by atoms with E-state index >= 15 is 0 Å². The number of fused-ring (bicyclic) bond motifs is 3. The number of hydrogen-bond donors (Lipinski definition) is 1. The summed E-state index contributed by atoms with van der Waals surface area (Å²) in [4.78, 5) is 0. The Morgan fingerprint density at radius 3 is 2.88 bits per heavy atom. The number of allylic oxidation sites excluding steroid dienone is 2. The molecule has 0 radical (unpaired) electrons. The van der Waals surface area contributed by atoms with Gasteiger partial charge in [0.25, 0.3) is 0 Å². The standard InChI is InChI=1S/C23H25NO2/c1-2-6-16(7-3-1)23-20-10-4-9-19(20)21-14-17(11-12-22(21)24-23)26-15-18-8-5-13-25-18/h1-4,6-7,9,11-12,14,18-20,23-24H,5,8,10,13,15H2. The monoisotopic (exact) mass is 347 g/mol. The molecule has 1 saturated heterocycles. The summed E-state index contributed by atoms with van der Waals surface area (Å²) in [5.41, 5.74) is 3.97. The molecule has 26 heavy (non-hydrogen) atoms. The number of rotatable bonds is 4. The Hall–Kier alpha value is -2.26. The predicted molar refractivity (Wildman–Crippen MR) is 104 cm³/mol. The molecule has 0 spiro atoms. The molecule has 3 aliphatic rings. The molecule has 2 aromatic rings. The highest BCUT2D eigenvalue weighted by atomic mass is 16.5. The van der Waals surface area contributed by atoms with E-state index in [4.69, 9.17) is 9.47 Å². The summed E-state index contributed by atoms with van der Waals surface area (Å²) in [6.45, 7) is 1.53. The lowest BCUT2D eigenvalue weighted by atomic mass is 9.77. The number of anilines is 1. The maximum absolute atomic E-state index is 6.04. The van der Waals surface area contributed by atoms with Gasteiger partial charge in [0.05, 0.1) is 12.1 Å². The van der Waals surface area contributed by atoms with E-state index < -0.39 is 0 Å². The van der Waals surface area contributed by atoms with Crippen LogP contribution in [0.2, 0.25) is 0 Å². The molecule has 0 bridgehead atoms. The van der Waals surface area contributed by atoms with Crippen LogP contribution in [0.4, 0.5) is 5.69 Å². The van der Waals surface area contributed by atoms with Crippen LogP contribution in [-0.2, 0) is 4.74 Å². The van der Waals surface area contributed by atoms with E-state index in [1.807, 2.05) is 0 Å². The zero-order valence-corrected chi connectivity index (χ0v) is 14.9. The second kappa shape index (κ2) is 6.81. The van der Waals surface area contributed by atoms with Gasteiger partial charge in [-0.1, -0.05) is 42.5 Å². The molecule has 2 aromatic carbocycles. The number of nitrogens with one attached hydrogen (secondary N) is 1. The Morgan fingerprint density at radius 2 is 2.04 bits per heavy atom. The van der Waals surface area contributed by atoms with Crippen LogP contribution >= 0.6 is 0 Å². The quantitative estimate of drug-likeness (QED) is 0.783. The predicted octanol–water partition coefficient (Wildman–Crippen LogP) is 5.07.